The first-order valence-corrected chi connectivity index (χ1v) is 28.0. The third kappa shape index (κ3) is 22.8. The monoisotopic (exact) mass is 1020 g/mol. The van der Waals surface area contributed by atoms with Gasteiger partial charge in [-0.3, -0.25) is 14.4 Å². The van der Waals surface area contributed by atoms with Crippen molar-refractivity contribution in [2.24, 2.45) is 41.4 Å². The van der Waals surface area contributed by atoms with Crippen LogP contribution in [0.4, 0.5) is 26.3 Å². The Morgan fingerprint density at radius 1 is 0.347 bits per heavy atom. The van der Waals surface area contributed by atoms with E-state index in [0.29, 0.717) is 0 Å². The van der Waals surface area contributed by atoms with Gasteiger partial charge in [-0.1, -0.05) is 179 Å². The van der Waals surface area contributed by atoms with E-state index in [-0.39, 0.29) is 77.1 Å². The van der Waals surface area contributed by atoms with Crippen molar-refractivity contribution in [3.05, 3.63) is 105 Å². The lowest BCUT2D eigenvalue weighted by Crippen LogP contribution is -2.22. The van der Waals surface area contributed by atoms with Crippen LogP contribution in [0.1, 0.15) is 230 Å². The Bertz CT molecular complexity index is 1910. The molecule has 0 spiro atoms. The van der Waals surface area contributed by atoms with E-state index in [1.807, 2.05) is 0 Å². The van der Waals surface area contributed by atoms with Crippen molar-refractivity contribution in [3.8, 4) is 0 Å². The van der Waals surface area contributed by atoms with Gasteiger partial charge in [0.25, 0.3) is 0 Å². The number of carbonyl (C=O) groups excluding carboxylic acids is 3. The van der Waals surface area contributed by atoms with E-state index in [1.54, 1.807) is 51.4 Å². The summed E-state index contributed by atoms with van der Waals surface area (Å²) in [6, 6.07) is 8.73. The number of hydrogen-bond acceptors (Lipinski definition) is 3. The molecule has 0 N–H and O–H groups in total. The largest absolute Gasteiger partial charge is 0.300 e. The SMILES string of the molecule is CC(=O)Cc1ccc(C)c(F)c1F.CC(=O)Cc1ccc(C)c(F)c1F.CC(=O)Cc1ccc(C)c(F)c1F.CC1CCC(C2CCCCC2)CC1.CC1CCC(C2CCCCC2)CC1.CC1CCCCC1.[HH].[HH].[HH].[HH].[HH]. The summed E-state index contributed by atoms with van der Waals surface area (Å²) in [6.07, 6.45) is 34.9. The Morgan fingerprint density at radius 3 is 0.792 bits per heavy atom. The fourth-order valence-electron chi connectivity index (χ4n) is 11.3. The molecule has 72 heavy (non-hydrogen) atoms. The third-order valence-electron chi connectivity index (χ3n) is 16.0. The summed E-state index contributed by atoms with van der Waals surface area (Å²) in [6.45, 7) is 15.7. The molecule has 5 aliphatic rings. The minimum atomic E-state index is -0.907. The molecule has 5 aliphatic carbocycles. The average Bonchev–Trinajstić information content (AvgIpc) is 3.36. The van der Waals surface area contributed by atoms with Crippen molar-refractivity contribution in [3.63, 3.8) is 0 Å². The van der Waals surface area contributed by atoms with E-state index >= 15 is 0 Å². The van der Waals surface area contributed by atoms with E-state index in [0.717, 1.165) is 41.4 Å². The van der Waals surface area contributed by atoms with Gasteiger partial charge in [0.1, 0.15) is 17.3 Å². The molecule has 414 valence electrons. The van der Waals surface area contributed by atoms with Gasteiger partial charge in [-0.05, 0) is 142 Å². The Kier molecular flexibility index (Phi) is 28.9. The van der Waals surface area contributed by atoms with E-state index in [4.69, 9.17) is 0 Å². The molecule has 3 nitrogen and oxygen atoms in total. The van der Waals surface area contributed by atoms with E-state index in [2.05, 4.69) is 20.8 Å². The molecule has 0 amide bonds. The number of aryl methyl sites for hydroxylation is 3. The molecular formula is C63H102F6O3. The van der Waals surface area contributed by atoms with Crippen molar-refractivity contribution in [1.29, 1.82) is 0 Å². The minimum Gasteiger partial charge on any atom is -0.300 e. The Labute approximate surface area is 439 Å². The summed E-state index contributed by atoms with van der Waals surface area (Å²) in [5.74, 6) is 1.74. The number of ketones is 3. The molecule has 0 atom stereocenters. The van der Waals surface area contributed by atoms with Crippen LogP contribution in [0.15, 0.2) is 36.4 Å². The van der Waals surface area contributed by atoms with Crippen molar-refractivity contribution in [2.45, 2.75) is 229 Å². The van der Waals surface area contributed by atoms with E-state index < -0.39 is 34.9 Å². The van der Waals surface area contributed by atoms with Crippen LogP contribution in [0.2, 0.25) is 0 Å². The van der Waals surface area contributed by atoms with Crippen molar-refractivity contribution in [1.82, 2.24) is 0 Å². The average molecular weight is 1020 g/mol. The molecule has 0 aromatic heterocycles. The highest BCUT2D eigenvalue weighted by atomic mass is 19.2. The second-order valence-corrected chi connectivity index (χ2v) is 22.7. The summed E-state index contributed by atoms with van der Waals surface area (Å²) < 4.78 is 78.2. The first-order valence-electron chi connectivity index (χ1n) is 28.0. The fourth-order valence-corrected chi connectivity index (χ4v) is 11.3. The van der Waals surface area contributed by atoms with Gasteiger partial charge in [0.05, 0.1) is 0 Å². The van der Waals surface area contributed by atoms with Crippen LogP contribution >= 0.6 is 0 Å². The van der Waals surface area contributed by atoms with Gasteiger partial charge < -0.3 is 0 Å². The molecule has 0 unspecified atom stereocenters. The van der Waals surface area contributed by atoms with Gasteiger partial charge in [-0.15, -0.1) is 0 Å². The lowest BCUT2D eigenvalue weighted by molar-refractivity contribution is -0.117. The summed E-state index contributed by atoms with van der Waals surface area (Å²) in [5, 5.41) is 0. The van der Waals surface area contributed by atoms with Crippen molar-refractivity contribution < 1.29 is 47.9 Å². The molecule has 0 aliphatic heterocycles. The predicted octanol–water partition coefficient (Wildman–Crippen LogP) is 19.8. The highest BCUT2D eigenvalue weighted by molar-refractivity contribution is 5.79. The Balaban J connectivity index is -0.000000849. The van der Waals surface area contributed by atoms with Gasteiger partial charge in [0, 0.05) is 26.4 Å². The van der Waals surface area contributed by atoms with Crippen LogP contribution in [0.3, 0.4) is 0 Å². The molecule has 0 radical (unpaired) electrons. The maximum Gasteiger partial charge on any atom is 0.162 e. The molecule has 9 heteroatoms. The maximum atomic E-state index is 13.1. The van der Waals surface area contributed by atoms with E-state index in [9.17, 15) is 40.7 Å². The highest BCUT2D eigenvalue weighted by Crippen LogP contribution is 2.41. The molecule has 8 rings (SSSR count). The van der Waals surface area contributed by atoms with Gasteiger partial charge in [-0.2, -0.15) is 0 Å². The van der Waals surface area contributed by atoms with Crippen LogP contribution in [0, 0.1) is 97.1 Å². The fraction of sp³-hybridized carbons (Fsp3) is 0.667. The summed E-state index contributed by atoms with van der Waals surface area (Å²) in [4.78, 5) is 32.0. The molecule has 0 bridgehead atoms. The van der Waals surface area contributed by atoms with Crippen LogP contribution < -0.4 is 0 Å². The molecule has 0 heterocycles. The first-order chi connectivity index (χ1) is 34.2. The lowest BCUT2D eigenvalue weighted by atomic mass is 9.71. The molecule has 3 aromatic carbocycles. The Hall–Kier alpha value is -3.75. The maximum absolute atomic E-state index is 13.1. The van der Waals surface area contributed by atoms with E-state index in [1.165, 1.54) is 174 Å². The summed E-state index contributed by atoms with van der Waals surface area (Å²) in [7, 11) is 0. The second-order valence-electron chi connectivity index (χ2n) is 22.7. The van der Waals surface area contributed by atoms with Crippen LogP contribution in [0.5, 0.6) is 0 Å². The smallest absolute Gasteiger partial charge is 0.162 e. The zero-order valence-electron chi connectivity index (χ0n) is 45.9. The number of Topliss-reactive ketones (excluding diaryl/α,β-unsaturated/α-hetero) is 3. The number of benzene rings is 3. The van der Waals surface area contributed by atoms with Gasteiger partial charge >= 0.3 is 0 Å². The molecule has 3 aromatic rings. The van der Waals surface area contributed by atoms with Crippen LogP contribution in [-0.4, -0.2) is 17.3 Å². The number of halogens is 6. The Morgan fingerprint density at radius 2 is 0.569 bits per heavy atom. The van der Waals surface area contributed by atoms with Crippen molar-refractivity contribution >= 4 is 17.3 Å². The van der Waals surface area contributed by atoms with Crippen LogP contribution in [-0.2, 0) is 33.6 Å². The molecular weight excluding hydrogens is 919 g/mol. The van der Waals surface area contributed by atoms with Gasteiger partial charge in [-0.25, -0.2) is 26.3 Å². The standard InChI is InChI=1S/2C13H24.3C10H10F2O.C7H14.5H2/c2*1-11-7-9-13(10-8-11)12-5-3-2-4-6-12;3*1-6-3-4-8(5-7(2)13)10(12)9(6)11;1-7-5-3-2-4-6-7;;;;;/h2*11-13H,2-10H2,1H3;3*3-4H,5H2,1-2H3;7H,2-6H2,1H3;5*1H. The normalized spacial score (nSPS) is 21.5. The lowest BCUT2D eigenvalue weighted by Gasteiger charge is -2.34. The minimum absolute atomic E-state index is 0. The van der Waals surface area contributed by atoms with Crippen LogP contribution in [0.25, 0.3) is 0 Å². The predicted molar refractivity (Wildman–Crippen MR) is 295 cm³/mol. The molecule has 5 saturated carbocycles. The number of carbonyl (C=O) groups is 3. The zero-order chi connectivity index (χ0) is 53.3. The van der Waals surface area contributed by atoms with Gasteiger partial charge in [0.2, 0.25) is 0 Å². The quantitative estimate of drug-likeness (QED) is 0.211. The van der Waals surface area contributed by atoms with Crippen molar-refractivity contribution in [2.75, 3.05) is 0 Å². The zero-order valence-corrected chi connectivity index (χ0v) is 45.9. The second kappa shape index (κ2) is 33.2. The third-order valence-corrected chi connectivity index (χ3v) is 16.0. The summed E-state index contributed by atoms with van der Waals surface area (Å²) >= 11 is 0. The highest BCUT2D eigenvalue weighted by Gasteiger charge is 2.28. The first kappa shape index (κ1) is 62.5. The molecule has 0 saturated heterocycles. The molecule has 5 fully saturated rings. The summed E-state index contributed by atoms with van der Waals surface area (Å²) in [5.41, 5.74) is 1.13. The topological polar surface area (TPSA) is 51.2 Å². The number of rotatable bonds is 8. The number of hydrogen-bond donors (Lipinski definition) is 0. The van der Waals surface area contributed by atoms with Gasteiger partial charge in [0.15, 0.2) is 34.9 Å².